The third-order valence-corrected chi connectivity index (χ3v) is 3.64. The molecule has 0 aliphatic carbocycles. The molecule has 0 aliphatic rings. The third kappa shape index (κ3) is 3.85. The van der Waals surface area contributed by atoms with Gasteiger partial charge in [0.15, 0.2) is 9.84 Å². The van der Waals surface area contributed by atoms with E-state index in [4.69, 9.17) is 5.73 Å². The minimum Gasteiger partial charge on any atom is -0.465 e. The van der Waals surface area contributed by atoms with Crippen LogP contribution in [-0.4, -0.2) is 33.2 Å². The Kier molecular flexibility index (Phi) is 4.43. The first-order valence-corrected chi connectivity index (χ1v) is 6.83. The molecule has 0 saturated carbocycles. The van der Waals surface area contributed by atoms with Gasteiger partial charge in [-0.2, -0.15) is 0 Å². The van der Waals surface area contributed by atoms with Gasteiger partial charge in [0.2, 0.25) is 5.91 Å². The molecule has 0 aliphatic heterocycles. The van der Waals surface area contributed by atoms with E-state index in [1.807, 2.05) is 0 Å². The minimum atomic E-state index is -3.68. The molecule has 0 saturated heterocycles. The summed E-state index contributed by atoms with van der Waals surface area (Å²) >= 11 is 0. The van der Waals surface area contributed by atoms with Gasteiger partial charge >= 0.3 is 5.97 Å². The SMILES string of the molecule is COC(=O)c1ccccc1CS(=O)(=O)CC(N)=O. The highest BCUT2D eigenvalue weighted by molar-refractivity contribution is 7.91. The van der Waals surface area contributed by atoms with Gasteiger partial charge in [-0.15, -0.1) is 0 Å². The summed E-state index contributed by atoms with van der Waals surface area (Å²) in [4.78, 5) is 22.1. The normalized spacial score (nSPS) is 10.9. The van der Waals surface area contributed by atoms with Gasteiger partial charge in [0.05, 0.1) is 18.4 Å². The molecule has 0 spiro atoms. The van der Waals surface area contributed by atoms with E-state index in [9.17, 15) is 18.0 Å². The second-order valence-corrected chi connectivity index (χ2v) is 5.71. The monoisotopic (exact) mass is 271 g/mol. The van der Waals surface area contributed by atoms with Crippen LogP contribution in [0.25, 0.3) is 0 Å². The highest BCUT2D eigenvalue weighted by Gasteiger charge is 2.19. The van der Waals surface area contributed by atoms with Gasteiger partial charge in [-0.1, -0.05) is 18.2 Å². The van der Waals surface area contributed by atoms with Gasteiger partial charge in [-0.05, 0) is 11.6 Å². The summed E-state index contributed by atoms with van der Waals surface area (Å²) in [6, 6.07) is 6.14. The fraction of sp³-hybridized carbons (Fsp3) is 0.273. The summed E-state index contributed by atoms with van der Waals surface area (Å²) in [6.07, 6.45) is 0. The number of methoxy groups -OCH3 is 1. The standard InChI is InChI=1S/C11H13NO5S/c1-17-11(14)9-5-3-2-4-8(9)6-18(15,16)7-10(12)13/h2-5H,6-7H2,1H3,(H2,12,13). The topological polar surface area (TPSA) is 104 Å². The number of carbonyl (C=O) groups is 2. The first-order chi connectivity index (χ1) is 8.35. The molecule has 0 aromatic heterocycles. The minimum absolute atomic E-state index is 0.160. The van der Waals surface area contributed by atoms with Gasteiger partial charge in [0.25, 0.3) is 0 Å². The molecule has 98 valence electrons. The van der Waals surface area contributed by atoms with Gasteiger partial charge in [-0.3, -0.25) is 4.79 Å². The quantitative estimate of drug-likeness (QED) is 0.751. The van der Waals surface area contributed by atoms with Crippen molar-refractivity contribution in [1.29, 1.82) is 0 Å². The van der Waals surface area contributed by atoms with Crippen LogP contribution in [-0.2, 0) is 25.1 Å². The van der Waals surface area contributed by atoms with E-state index in [0.717, 1.165) is 0 Å². The van der Waals surface area contributed by atoms with Gasteiger partial charge in [-0.25, -0.2) is 13.2 Å². The number of primary amides is 1. The molecule has 0 fully saturated rings. The largest absolute Gasteiger partial charge is 0.465 e. The summed E-state index contributed by atoms with van der Waals surface area (Å²) in [6.45, 7) is 0. The number of carbonyl (C=O) groups excluding carboxylic acids is 2. The van der Waals surface area contributed by atoms with Gasteiger partial charge < -0.3 is 10.5 Å². The molecule has 7 heteroatoms. The maximum absolute atomic E-state index is 11.6. The number of rotatable bonds is 5. The van der Waals surface area contributed by atoms with Crippen LogP contribution in [0, 0.1) is 0 Å². The number of nitrogens with two attached hydrogens (primary N) is 1. The lowest BCUT2D eigenvalue weighted by Crippen LogP contribution is -2.24. The zero-order valence-electron chi connectivity index (χ0n) is 9.75. The fourth-order valence-corrected chi connectivity index (χ4v) is 2.72. The number of ether oxygens (including phenoxy) is 1. The lowest BCUT2D eigenvalue weighted by Gasteiger charge is -2.07. The van der Waals surface area contributed by atoms with E-state index in [1.165, 1.54) is 19.2 Å². The van der Waals surface area contributed by atoms with Crippen molar-refractivity contribution in [3.05, 3.63) is 35.4 Å². The molecule has 18 heavy (non-hydrogen) atoms. The first-order valence-electron chi connectivity index (χ1n) is 5.00. The number of hydrogen-bond donors (Lipinski definition) is 1. The molecule has 1 aromatic rings. The average Bonchev–Trinajstić information content (AvgIpc) is 2.26. The third-order valence-electron chi connectivity index (χ3n) is 2.16. The zero-order chi connectivity index (χ0) is 13.8. The van der Waals surface area contributed by atoms with Crippen LogP contribution in [0.3, 0.4) is 0 Å². The van der Waals surface area contributed by atoms with Gasteiger partial charge in [0, 0.05) is 0 Å². The van der Waals surface area contributed by atoms with Gasteiger partial charge in [0.1, 0.15) is 5.75 Å². The number of esters is 1. The summed E-state index contributed by atoms with van der Waals surface area (Å²) in [5.41, 5.74) is 5.29. The summed E-state index contributed by atoms with van der Waals surface area (Å²) in [7, 11) is -2.48. The second kappa shape index (κ2) is 5.63. The molecular formula is C11H13NO5S. The zero-order valence-corrected chi connectivity index (χ0v) is 10.6. The molecule has 0 heterocycles. The van der Waals surface area contributed by atoms with Crippen molar-refractivity contribution in [2.75, 3.05) is 12.9 Å². The molecular weight excluding hydrogens is 258 g/mol. The van der Waals surface area contributed by atoms with E-state index in [2.05, 4.69) is 4.74 Å². The fourth-order valence-electron chi connectivity index (χ4n) is 1.46. The average molecular weight is 271 g/mol. The maximum Gasteiger partial charge on any atom is 0.338 e. The van der Waals surface area contributed by atoms with E-state index in [1.54, 1.807) is 12.1 Å². The van der Waals surface area contributed by atoms with Crippen molar-refractivity contribution < 1.29 is 22.7 Å². The van der Waals surface area contributed by atoms with Crippen LogP contribution < -0.4 is 5.73 Å². The molecule has 0 unspecified atom stereocenters. The molecule has 0 atom stereocenters. The summed E-state index contributed by atoms with van der Waals surface area (Å²) < 4.78 is 27.8. The van der Waals surface area contributed by atoms with Crippen LogP contribution in [0.2, 0.25) is 0 Å². The van der Waals surface area contributed by atoms with Crippen LogP contribution in [0.5, 0.6) is 0 Å². The van der Waals surface area contributed by atoms with Crippen molar-refractivity contribution >= 4 is 21.7 Å². The van der Waals surface area contributed by atoms with Crippen LogP contribution in [0.4, 0.5) is 0 Å². The maximum atomic E-state index is 11.6. The Bertz CT molecular complexity index is 565. The number of benzene rings is 1. The van der Waals surface area contributed by atoms with Crippen molar-refractivity contribution in [2.45, 2.75) is 5.75 Å². The Balaban J connectivity index is 3.05. The number of amides is 1. The molecule has 1 aromatic carbocycles. The molecule has 1 amide bonds. The van der Waals surface area contributed by atoms with E-state index in [-0.39, 0.29) is 11.1 Å². The first kappa shape index (κ1) is 14.2. The van der Waals surface area contributed by atoms with Crippen molar-refractivity contribution in [3.8, 4) is 0 Å². The highest BCUT2D eigenvalue weighted by Crippen LogP contribution is 2.14. The highest BCUT2D eigenvalue weighted by atomic mass is 32.2. The van der Waals surface area contributed by atoms with E-state index in [0.29, 0.717) is 0 Å². The van der Waals surface area contributed by atoms with Crippen LogP contribution in [0.15, 0.2) is 24.3 Å². The van der Waals surface area contributed by atoms with Crippen LogP contribution >= 0.6 is 0 Å². The van der Waals surface area contributed by atoms with Crippen molar-refractivity contribution in [2.24, 2.45) is 5.73 Å². The van der Waals surface area contributed by atoms with Crippen molar-refractivity contribution in [3.63, 3.8) is 0 Å². The number of hydrogen-bond acceptors (Lipinski definition) is 5. The summed E-state index contributed by atoms with van der Waals surface area (Å²) in [5.74, 6) is -2.73. The van der Waals surface area contributed by atoms with E-state index >= 15 is 0 Å². The van der Waals surface area contributed by atoms with E-state index < -0.39 is 33.2 Å². The summed E-state index contributed by atoms with van der Waals surface area (Å²) in [5, 5.41) is 0. The Hall–Kier alpha value is -1.89. The molecule has 0 radical (unpaired) electrons. The lowest BCUT2D eigenvalue weighted by atomic mass is 10.1. The molecule has 6 nitrogen and oxygen atoms in total. The Morgan fingerprint density at radius 1 is 1.28 bits per heavy atom. The Morgan fingerprint density at radius 3 is 2.44 bits per heavy atom. The number of sulfone groups is 1. The predicted molar refractivity (Wildman–Crippen MR) is 64.5 cm³/mol. The Morgan fingerprint density at radius 2 is 1.89 bits per heavy atom. The van der Waals surface area contributed by atoms with Crippen molar-refractivity contribution in [1.82, 2.24) is 0 Å². The molecule has 1 rings (SSSR count). The second-order valence-electron chi connectivity index (χ2n) is 3.65. The predicted octanol–water partition coefficient (Wildman–Crippen LogP) is -0.127. The lowest BCUT2D eigenvalue weighted by molar-refractivity contribution is -0.115. The van der Waals surface area contributed by atoms with Crippen LogP contribution in [0.1, 0.15) is 15.9 Å². The molecule has 2 N–H and O–H groups in total. The smallest absolute Gasteiger partial charge is 0.338 e. The molecule has 0 bridgehead atoms. The Labute approximate surface area is 105 Å².